The Balaban J connectivity index is 0.00000169. The number of nitrogens with zero attached hydrogens (tertiary/aromatic N) is 2. The van der Waals surface area contributed by atoms with Gasteiger partial charge in [0.2, 0.25) is 0 Å². The number of halogens is 2. The van der Waals surface area contributed by atoms with Gasteiger partial charge in [0.1, 0.15) is 5.69 Å². The number of nitrogens with two attached hydrogens (primary N) is 1. The van der Waals surface area contributed by atoms with Crippen LogP contribution in [-0.2, 0) is 6.42 Å². The fourth-order valence-corrected chi connectivity index (χ4v) is 4.35. The van der Waals surface area contributed by atoms with Crippen molar-refractivity contribution in [2.75, 3.05) is 19.6 Å². The van der Waals surface area contributed by atoms with Gasteiger partial charge in [-0.1, -0.05) is 44.2 Å². The maximum absolute atomic E-state index is 12.8. The molecule has 0 aliphatic carbocycles. The molecule has 7 heteroatoms. The molecule has 0 spiro atoms. The number of hydrogen-bond donors (Lipinski definition) is 1. The Labute approximate surface area is 172 Å². The maximum Gasteiger partial charge on any atom is 0.273 e. The van der Waals surface area contributed by atoms with E-state index in [0.717, 1.165) is 18.0 Å². The third-order valence-electron chi connectivity index (χ3n) is 4.61. The van der Waals surface area contributed by atoms with Gasteiger partial charge < -0.3 is 10.6 Å². The lowest BCUT2D eigenvalue weighted by atomic mass is 9.89. The monoisotopic (exact) mass is 415 g/mol. The molecule has 1 aliphatic rings. The first-order chi connectivity index (χ1) is 11.6. The number of aromatic nitrogens is 1. The topological polar surface area (TPSA) is 59.2 Å². The summed E-state index contributed by atoms with van der Waals surface area (Å²) < 4.78 is 0. The number of carbonyl (C=O) groups excluding carboxylic acids is 1. The lowest BCUT2D eigenvalue weighted by molar-refractivity contribution is 0.0781. The van der Waals surface area contributed by atoms with Gasteiger partial charge in [-0.3, -0.25) is 4.79 Å². The van der Waals surface area contributed by atoms with Crippen LogP contribution in [0.1, 0.15) is 40.8 Å². The van der Waals surface area contributed by atoms with Gasteiger partial charge in [0.15, 0.2) is 0 Å². The van der Waals surface area contributed by atoms with E-state index in [0.29, 0.717) is 36.5 Å². The van der Waals surface area contributed by atoms with Crippen molar-refractivity contribution in [1.29, 1.82) is 0 Å². The summed E-state index contributed by atoms with van der Waals surface area (Å²) in [6.07, 6.45) is 0.927. The van der Waals surface area contributed by atoms with Crippen LogP contribution in [0.5, 0.6) is 0 Å². The van der Waals surface area contributed by atoms with E-state index >= 15 is 0 Å². The second-order valence-electron chi connectivity index (χ2n) is 6.95. The fourth-order valence-electron chi connectivity index (χ4n) is 3.37. The zero-order valence-electron chi connectivity index (χ0n) is 15.1. The van der Waals surface area contributed by atoms with E-state index in [1.165, 1.54) is 5.56 Å². The molecule has 26 heavy (non-hydrogen) atoms. The van der Waals surface area contributed by atoms with Crippen molar-refractivity contribution in [2.24, 2.45) is 17.6 Å². The molecule has 0 unspecified atom stereocenters. The number of hydrogen-bond acceptors (Lipinski definition) is 4. The molecule has 2 N–H and O–H groups in total. The van der Waals surface area contributed by atoms with E-state index in [4.69, 9.17) is 5.73 Å². The third kappa shape index (κ3) is 5.19. The summed E-state index contributed by atoms with van der Waals surface area (Å²) in [7, 11) is 0. The standard InChI is InChI=1S/C19H25N3OS.2ClH/c1-13(2)8-18-21-17(12-24-18)19(23)22-10-15(9-20)16(11-22)14-6-4-3-5-7-14;;/h3-7,12-13,15-16H,8-11,20H2,1-2H3;2*1H/t15-,16+;;/m1../s1. The van der Waals surface area contributed by atoms with Crippen molar-refractivity contribution in [1.82, 2.24) is 9.88 Å². The normalized spacial score (nSPS) is 19.2. The lowest BCUT2D eigenvalue weighted by Gasteiger charge is -2.16. The summed E-state index contributed by atoms with van der Waals surface area (Å²) in [4.78, 5) is 19.3. The fraction of sp³-hybridized carbons (Fsp3) is 0.474. The van der Waals surface area contributed by atoms with Gasteiger partial charge in [-0.15, -0.1) is 36.2 Å². The van der Waals surface area contributed by atoms with Gasteiger partial charge in [0.25, 0.3) is 5.91 Å². The van der Waals surface area contributed by atoms with Crippen LogP contribution in [0, 0.1) is 11.8 Å². The van der Waals surface area contributed by atoms with Crippen molar-refractivity contribution < 1.29 is 4.79 Å². The van der Waals surface area contributed by atoms with E-state index in [2.05, 4.69) is 31.0 Å². The zero-order chi connectivity index (χ0) is 17.1. The highest BCUT2D eigenvalue weighted by molar-refractivity contribution is 7.09. The van der Waals surface area contributed by atoms with Gasteiger partial charge in [-0.2, -0.15) is 0 Å². The van der Waals surface area contributed by atoms with E-state index in [1.807, 2.05) is 28.5 Å². The van der Waals surface area contributed by atoms with Gasteiger partial charge in [0, 0.05) is 30.8 Å². The third-order valence-corrected chi connectivity index (χ3v) is 5.48. The molecule has 1 amide bonds. The van der Waals surface area contributed by atoms with Crippen LogP contribution in [0.15, 0.2) is 35.7 Å². The molecule has 2 heterocycles. The van der Waals surface area contributed by atoms with Crippen molar-refractivity contribution >= 4 is 42.1 Å². The Morgan fingerprint density at radius 2 is 1.96 bits per heavy atom. The smallest absolute Gasteiger partial charge is 0.273 e. The largest absolute Gasteiger partial charge is 0.336 e. The van der Waals surface area contributed by atoms with E-state index in [1.54, 1.807) is 11.3 Å². The van der Waals surface area contributed by atoms with Gasteiger partial charge in [-0.05, 0) is 23.9 Å². The number of carbonyl (C=O) groups is 1. The summed E-state index contributed by atoms with van der Waals surface area (Å²) in [5, 5.41) is 2.94. The predicted molar refractivity (Wildman–Crippen MR) is 113 cm³/mol. The van der Waals surface area contributed by atoms with Crippen molar-refractivity contribution in [2.45, 2.75) is 26.2 Å². The Morgan fingerprint density at radius 3 is 2.58 bits per heavy atom. The van der Waals surface area contributed by atoms with E-state index < -0.39 is 0 Å². The molecule has 3 rings (SSSR count). The van der Waals surface area contributed by atoms with Crippen molar-refractivity contribution in [3.05, 3.63) is 52.0 Å². The summed E-state index contributed by atoms with van der Waals surface area (Å²) in [5.74, 6) is 1.21. The highest BCUT2D eigenvalue weighted by atomic mass is 35.5. The number of amides is 1. The van der Waals surface area contributed by atoms with Crippen LogP contribution in [0.2, 0.25) is 0 Å². The Hall–Kier alpha value is -1.14. The Kier molecular flexibility index (Phi) is 9.04. The second-order valence-corrected chi connectivity index (χ2v) is 7.89. The van der Waals surface area contributed by atoms with E-state index in [9.17, 15) is 4.79 Å². The van der Waals surface area contributed by atoms with Gasteiger partial charge in [-0.25, -0.2) is 4.98 Å². The molecule has 2 atom stereocenters. The molecule has 144 valence electrons. The van der Waals surface area contributed by atoms with Gasteiger partial charge >= 0.3 is 0 Å². The molecule has 1 aliphatic heterocycles. The zero-order valence-corrected chi connectivity index (χ0v) is 17.6. The van der Waals surface area contributed by atoms with Crippen LogP contribution in [0.3, 0.4) is 0 Å². The first kappa shape index (κ1) is 22.9. The highest BCUT2D eigenvalue weighted by Crippen LogP contribution is 2.33. The van der Waals surface area contributed by atoms with Crippen LogP contribution < -0.4 is 5.73 Å². The van der Waals surface area contributed by atoms with Gasteiger partial charge in [0.05, 0.1) is 5.01 Å². The molecule has 1 fully saturated rings. The molecule has 4 nitrogen and oxygen atoms in total. The quantitative estimate of drug-likeness (QED) is 0.802. The number of likely N-dealkylation sites (tertiary alicyclic amines) is 1. The molecule has 1 saturated heterocycles. The summed E-state index contributed by atoms with van der Waals surface area (Å²) in [6, 6.07) is 10.4. The molecule has 1 aromatic carbocycles. The minimum atomic E-state index is 0. The number of benzene rings is 1. The molecule has 0 radical (unpaired) electrons. The number of rotatable bonds is 5. The molecule has 0 saturated carbocycles. The average Bonchev–Trinajstić information content (AvgIpc) is 3.21. The Morgan fingerprint density at radius 1 is 1.27 bits per heavy atom. The first-order valence-corrected chi connectivity index (χ1v) is 9.45. The maximum atomic E-state index is 12.8. The van der Waals surface area contributed by atoms with Crippen LogP contribution in [0.25, 0.3) is 0 Å². The van der Waals surface area contributed by atoms with Crippen molar-refractivity contribution in [3.8, 4) is 0 Å². The van der Waals surface area contributed by atoms with Crippen LogP contribution >= 0.6 is 36.2 Å². The lowest BCUT2D eigenvalue weighted by Crippen LogP contribution is -2.30. The molecular formula is C19H27Cl2N3OS. The Bertz CT molecular complexity index is 693. The average molecular weight is 416 g/mol. The van der Waals surface area contributed by atoms with Crippen molar-refractivity contribution in [3.63, 3.8) is 0 Å². The van der Waals surface area contributed by atoms with Crippen LogP contribution in [0.4, 0.5) is 0 Å². The molecule has 1 aromatic heterocycles. The first-order valence-electron chi connectivity index (χ1n) is 8.57. The SMILES string of the molecule is CC(C)Cc1nc(C(=O)N2C[C@@H](CN)[C@H](c3ccccc3)C2)cs1.Cl.Cl. The van der Waals surface area contributed by atoms with Crippen LogP contribution in [-0.4, -0.2) is 35.4 Å². The highest BCUT2D eigenvalue weighted by Gasteiger charge is 2.36. The molecular weight excluding hydrogens is 389 g/mol. The minimum Gasteiger partial charge on any atom is -0.336 e. The summed E-state index contributed by atoms with van der Waals surface area (Å²) >= 11 is 1.59. The molecule has 2 aromatic rings. The predicted octanol–water partition coefficient (Wildman–Crippen LogP) is 4.00. The summed E-state index contributed by atoms with van der Waals surface area (Å²) in [6.45, 7) is 6.37. The minimum absolute atomic E-state index is 0. The second kappa shape index (κ2) is 10.3. The van der Waals surface area contributed by atoms with E-state index in [-0.39, 0.29) is 30.7 Å². The summed E-state index contributed by atoms with van der Waals surface area (Å²) in [5.41, 5.74) is 7.82. The molecule has 0 bridgehead atoms. The number of thiazole rings is 1.